The number of rotatable bonds is 5. The third-order valence-corrected chi connectivity index (χ3v) is 6.54. The van der Waals surface area contributed by atoms with Gasteiger partial charge in [-0.1, -0.05) is 49.2 Å². The number of hydrogen-bond acceptors (Lipinski definition) is 3. The largest absolute Gasteiger partial charge is 0.494 e. The first kappa shape index (κ1) is 19.4. The summed E-state index contributed by atoms with van der Waals surface area (Å²) in [6, 6.07) is 15.2. The molecule has 1 saturated carbocycles. The Kier molecular flexibility index (Phi) is 5.70. The minimum atomic E-state index is -0.631. The second-order valence-corrected chi connectivity index (χ2v) is 8.18. The van der Waals surface area contributed by atoms with Crippen LogP contribution in [0, 0.1) is 11.7 Å². The molecule has 0 amide bonds. The first-order valence-corrected chi connectivity index (χ1v) is 10.5. The molecule has 150 valence electrons. The molecule has 1 heterocycles. The molecular formula is C24H30FNO2. The fourth-order valence-electron chi connectivity index (χ4n) is 5.19. The monoisotopic (exact) mass is 383 g/mol. The second-order valence-electron chi connectivity index (χ2n) is 8.18. The molecular weight excluding hydrogens is 353 g/mol. The van der Waals surface area contributed by atoms with Crippen LogP contribution in [0.25, 0.3) is 0 Å². The average molecular weight is 384 g/mol. The van der Waals surface area contributed by atoms with E-state index in [0.717, 1.165) is 50.0 Å². The second kappa shape index (κ2) is 8.22. The van der Waals surface area contributed by atoms with E-state index in [1.807, 2.05) is 37.3 Å². The van der Waals surface area contributed by atoms with Gasteiger partial charge in [0.2, 0.25) is 0 Å². The molecule has 3 atom stereocenters. The van der Waals surface area contributed by atoms with E-state index < -0.39 is 5.60 Å². The maximum Gasteiger partial charge on any atom is 0.127 e. The molecule has 2 aromatic carbocycles. The Morgan fingerprint density at radius 1 is 1.11 bits per heavy atom. The Hall–Kier alpha value is -1.91. The first-order chi connectivity index (χ1) is 13.6. The number of nitrogens with zero attached hydrogens (tertiary/aromatic N) is 1. The SMILES string of the molecule is CCOc1ccccc1[C@@H]1[C@@H]2CCCC[C@@]2(O)CCN1Cc1ccccc1F. The third kappa shape index (κ3) is 3.68. The highest BCUT2D eigenvalue weighted by Gasteiger charge is 2.49. The van der Waals surface area contributed by atoms with E-state index in [4.69, 9.17) is 4.74 Å². The number of ether oxygens (including phenoxy) is 1. The zero-order valence-corrected chi connectivity index (χ0v) is 16.6. The van der Waals surface area contributed by atoms with Crippen molar-refractivity contribution < 1.29 is 14.2 Å². The third-order valence-electron chi connectivity index (χ3n) is 6.54. The maximum absolute atomic E-state index is 14.4. The van der Waals surface area contributed by atoms with Gasteiger partial charge in [0, 0.05) is 36.2 Å². The van der Waals surface area contributed by atoms with Crippen LogP contribution >= 0.6 is 0 Å². The van der Waals surface area contributed by atoms with Crippen LogP contribution in [0.1, 0.15) is 56.2 Å². The standard InChI is InChI=1S/C24H30FNO2/c1-2-28-22-13-6-4-10-19(22)23-20-11-7-8-14-24(20,27)15-16-26(23)17-18-9-3-5-12-21(18)25/h3-6,9-10,12-13,20,23,27H,2,7-8,11,14-17H2,1H3/t20-,23+,24+/m0/s1. The predicted octanol–water partition coefficient (Wildman–Crippen LogP) is 5.09. The Labute approximate surface area is 167 Å². The van der Waals surface area contributed by atoms with Gasteiger partial charge in [-0.2, -0.15) is 0 Å². The van der Waals surface area contributed by atoms with E-state index in [-0.39, 0.29) is 17.8 Å². The molecule has 0 aromatic heterocycles. The van der Waals surface area contributed by atoms with E-state index in [9.17, 15) is 9.50 Å². The van der Waals surface area contributed by atoms with Crippen molar-refractivity contribution in [1.82, 2.24) is 4.90 Å². The highest BCUT2D eigenvalue weighted by Crippen LogP contribution is 2.51. The topological polar surface area (TPSA) is 32.7 Å². The minimum Gasteiger partial charge on any atom is -0.494 e. The summed E-state index contributed by atoms with van der Waals surface area (Å²) < 4.78 is 20.3. The van der Waals surface area contributed by atoms with E-state index in [0.29, 0.717) is 18.7 Å². The van der Waals surface area contributed by atoms with Gasteiger partial charge in [-0.15, -0.1) is 0 Å². The van der Waals surface area contributed by atoms with Gasteiger partial charge in [-0.25, -0.2) is 4.39 Å². The number of likely N-dealkylation sites (tertiary alicyclic amines) is 1. The van der Waals surface area contributed by atoms with Gasteiger partial charge in [-0.05, 0) is 38.3 Å². The summed E-state index contributed by atoms with van der Waals surface area (Å²) >= 11 is 0. The molecule has 4 rings (SSSR count). The van der Waals surface area contributed by atoms with Gasteiger partial charge in [0.05, 0.1) is 12.2 Å². The number of hydrogen-bond donors (Lipinski definition) is 1. The molecule has 0 spiro atoms. The molecule has 2 fully saturated rings. The number of halogens is 1. The quantitative estimate of drug-likeness (QED) is 0.780. The lowest BCUT2D eigenvalue weighted by Crippen LogP contribution is -2.54. The molecule has 1 aliphatic heterocycles. The van der Waals surface area contributed by atoms with Crippen LogP contribution in [-0.2, 0) is 6.54 Å². The van der Waals surface area contributed by atoms with E-state index >= 15 is 0 Å². The molecule has 2 aliphatic rings. The first-order valence-electron chi connectivity index (χ1n) is 10.5. The lowest BCUT2D eigenvalue weighted by molar-refractivity contribution is -0.126. The Bertz CT molecular complexity index is 811. The summed E-state index contributed by atoms with van der Waals surface area (Å²) in [6.07, 6.45) is 4.82. The molecule has 3 nitrogen and oxygen atoms in total. The van der Waals surface area contributed by atoms with Crippen molar-refractivity contribution >= 4 is 0 Å². The van der Waals surface area contributed by atoms with Crippen LogP contribution in [0.2, 0.25) is 0 Å². The van der Waals surface area contributed by atoms with Gasteiger partial charge < -0.3 is 9.84 Å². The smallest absolute Gasteiger partial charge is 0.127 e. The van der Waals surface area contributed by atoms with Crippen LogP contribution in [0.15, 0.2) is 48.5 Å². The van der Waals surface area contributed by atoms with E-state index in [2.05, 4.69) is 11.0 Å². The Morgan fingerprint density at radius 3 is 2.71 bits per heavy atom. The van der Waals surface area contributed by atoms with Crippen molar-refractivity contribution in [2.45, 2.75) is 57.2 Å². The minimum absolute atomic E-state index is 0.0291. The van der Waals surface area contributed by atoms with Crippen LogP contribution in [0.5, 0.6) is 5.75 Å². The fraction of sp³-hybridized carbons (Fsp3) is 0.500. The summed E-state index contributed by atoms with van der Waals surface area (Å²) in [5.41, 5.74) is 1.20. The van der Waals surface area contributed by atoms with E-state index in [1.165, 1.54) is 6.07 Å². The average Bonchev–Trinajstić information content (AvgIpc) is 2.70. The highest BCUT2D eigenvalue weighted by atomic mass is 19.1. The number of benzene rings is 2. The maximum atomic E-state index is 14.4. The molecule has 0 unspecified atom stereocenters. The van der Waals surface area contributed by atoms with E-state index in [1.54, 1.807) is 6.07 Å². The number of fused-ring (bicyclic) bond motifs is 1. The molecule has 1 N–H and O–H groups in total. The zero-order valence-electron chi connectivity index (χ0n) is 16.6. The molecule has 2 aromatic rings. The lowest BCUT2D eigenvalue weighted by Gasteiger charge is -2.53. The zero-order chi connectivity index (χ0) is 19.6. The summed E-state index contributed by atoms with van der Waals surface area (Å²) in [6.45, 7) is 3.90. The predicted molar refractivity (Wildman–Crippen MR) is 109 cm³/mol. The van der Waals surface area contributed by atoms with Crippen molar-refractivity contribution in [1.29, 1.82) is 0 Å². The van der Waals surface area contributed by atoms with Crippen LogP contribution < -0.4 is 4.74 Å². The van der Waals surface area contributed by atoms with Crippen molar-refractivity contribution in [2.24, 2.45) is 5.92 Å². The molecule has 0 bridgehead atoms. The molecule has 28 heavy (non-hydrogen) atoms. The summed E-state index contributed by atoms with van der Waals surface area (Å²) in [5, 5.41) is 11.4. The van der Waals surface area contributed by atoms with Crippen LogP contribution in [-0.4, -0.2) is 28.8 Å². The van der Waals surface area contributed by atoms with Crippen LogP contribution in [0.4, 0.5) is 4.39 Å². The number of aliphatic hydroxyl groups is 1. The Morgan fingerprint density at radius 2 is 1.89 bits per heavy atom. The molecule has 1 aliphatic carbocycles. The summed E-state index contributed by atoms with van der Waals surface area (Å²) in [7, 11) is 0. The molecule has 4 heteroatoms. The highest BCUT2D eigenvalue weighted by molar-refractivity contribution is 5.38. The van der Waals surface area contributed by atoms with Gasteiger partial charge in [0.1, 0.15) is 11.6 Å². The lowest BCUT2D eigenvalue weighted by atomic mass is 9.66. The summed E-state index contributed by atoms with van der Waals surface area (Å²) in [4.78, 5) is 2.35. The number of para-hydroxylation sites is 1. The Balaban J connectivity index is 1.74. The van der Waals surface area contributed by atoms with Gasteiger partial charge in [0.15, 0.2) is 0 Å². The van der Waals surface area contributed by atoms with Crippen molar-refractivity contribution in [3.63, 3.8) is 0 Å². The van der Waals surface area contributed by atoms with Crippen molar-refractivity contribution in [3.05, 3.63) is 65.5 Å². The molecule has 0 radical (unpaired) electrons. The van der Waals surface area contributed by atoms with Gasteiger partial charge in [0.25, 0.3) is 0 Å². The van der Waals surface area contributed by atoms with Gasteiger partial charge >= 0.3 is 0 Å². The molecule has 1 saturated heterocycles. The van der Waals surface area contributed by atoms with Gasteiger partial charge in [-0.3, -0.25) is 4.90 Å². The fourth-order valence-corrected chi connectivity index (χ4v) is 5.19. The summed E-state index contributed by atoms with van der Waals surface area (Å²) in [5.74, 6) is 0.857. The normalized spacial score (nSPS) is 28.0. The number of piperidine rings is 1. The van der Waals surface area contributed by atoms with Crippen molar-refractivity contribution in [2.75, 3.05) is 13.2 Å². The van der Waals surface area contributed by atoms with Crippen LogP contribution in [0.3, 0.4) is 0 Å². The van der Waals surface area contributed by atoms with Crippen molar-refractivity contribution in [3.8, 4) is 5.75 Å².